The maximum Gasteiger partial charge on any atom is 0.306 e. The van der Waals surface area contributed by atoms with Crippen molar-refractivity contribution in [3.8, 4) is 0 Å². The maximum atomic E-state index is 11.6. The highest BCUT2D eigenvalue weighted by Gasteiger charge is 2.09. The molecule has 0 N–H and O–H groups in total. The van der Waals surface area contributed by atoms with Crippen LogP contribution >= 0.6 is 0 Å². The summed E-state index contributed by atoms with van der Waals surface area (Å²) in [5.74, 6) is -1.35. The summed E-state index contributed by atoms with van der Waals surface area (Å²) >= 11 is 0. The summed E-state index contributed by atoms with van der Waals surface area (Å²) in [6, 6.07) is 0. The lowest BCUT2D eigenvalue weighted by atomic mass is 10.2. The van der Waals surface area contributed by atoms with E-state index in [1.807, 2.05) is 6.92 Å². The highest BCUT2D eigenvalue weighted by molar-refractivity contribution is 5.77. The lowest BCUT2D eigenvalue weighted by molar-refractivity contribution is -0.150. The third-order valence-electron chi connectivity index (χ3n) is 4.09. The first-order chi connectivity index (χ1) is 14.5. The Morgan fingerprint density at radius 2 is 0.800 bits per heavy atom. The molecule has 8 nitrogen and oxygen atoms in total. The predicted molar refractivity (Wildman–Crippen MR) is 111 cm³/mol. The molecule has 0 aliphatic rings. The van der Waals surface area contributed by atoms with E-state index in [1.54, 1.807) is 0 Å². The van der Waals surface area contributed by atoms with Gasteiger partial charge < -0.3 is 18.9 Å². The first-order valence-corrected chi connectivity index (χ1v) is 11.1. The Balaban J connectivity index is 3.47. The van der Waals surface area contributed by atoms with E-state index >= 15 is 0 Å². The maximum absolute atomic E-state index is 11.6. The normalized spacial score (nSPS) is 10.3. The fourth-order valence-corrected chi connectivity index (χ4v) is 2.36. The van der Waals surface area contributed by atoms with Gasteiger partial charge in [0.05, 0.1) is 39.3 Å². The summed E-state index contributed by atoms with van der Waals surface area (Å²) < 4.78 is 20.1. The molecule has 0 aromatic heterocycles. The molecule has 0 aliphatic carbocycles. The van der Waals surface area contributed by atoms with Crippen molar-refractivity contribution in [2.45, 2.75) is 90.9 Å². The molecule has 0 aromatic carbocycles. The minimum Gasteiger partial charge on any atom is -0.466 e. The van der Waals surface area contributed by atoms with E-state index in [1.165, 1.54) is 0 Å². The van der Waals surface area contributed by atoms with Crippen LogP contribution in [0.4, 0.5) is 0 Å². The molecule has 0 rings (SSSR count). The van der Waals surface area contributed by atoms with Gasteiger partial charge in [-0.3, -0.25) is 19.2 Å². The zero-order valence-electron chi connectivity index (χ0n) is 18.6. The summed E-state index contributed by atoms with van der Waals surface area (Å²) in [4.78, 5) is 45.9. The number of esters is 4. The quantitative estimate of drug-likeness (QED) is 0.173. The summed E-state index contributed by atoms with van der Waals surface area (Å²) in [5.41, 5.74) is 0. The van der Waals surface area contributed by atoms with Crippen LogP contribution in [0.2, 0.25) is 0 Å². The van der Waals surface area contributed by atoms with Crippen LogP contribution < -0.4 is 0 Å². The van der Waals surface area contributed by atoms with Gasteiger partial charge in [-0.1, -0.05) is 26.7 Å². The molecule has 0 unspecified atom stereocenters. The number of carbonyl (C=O) groups excluding carboxylic acids is 4. The van der Waals surface area contributed by atoms with Gasteiger partial charge in [-0.2, -0.15) is 0 Å². The minimum atomic E-state index is -0.440. The van der Waals surface area contributed by atoms with E-state index in [0.29, 0.717) is 45.3 Å². The summed E-state index contributed by atoms with van der Waals surface area (Å²) in [6.07, 6.45) is 6.73. The van der Waals surface area contributed by atoms with Gasteiger partial charge in [0.15, 0.2) is 0 Å². The molecule has 0 radical (unpaired) electrons. The molecule has 0 amide bonds. The Morgan fingerprint density at radius 3 is 1.20 bits per heavy atom. The molecular weight excluding hydrogens is 392 g/mol. The molecule has 0 fully saturated rings. The number of hydrogen-bond donors (Lipinski definition) is 0. The second-order valence-corrected chi connectivity index (χ2v) is 7.00. The summed E-state index contributed by atoms with van der Waals surface area (Å²) in [6.45, 7) is 5.30. The number of unbranched alkanes of at least 4 members (excludes halogenated alkanes) is 4. The van der Waals surface area contributed by atoms with Crippen molar-refractivity contribution >= 4 is 23.9 Å². The van der Waals surface area contributed by atoms with Gasteiger partial charge in [0, 0.05) is 12.8 Å². The highest BCUT2D eigenvalue weighted by Crippen LogP contribution is 2.05. The Labute approximate surface area is 180 Å². The molecule has 0 spiro atoms. The van der Waals surface area contributed by atoms with Crippen LogP contribution in [0.3, 0.4) is 0 Å². The molecule has 0 aliphatic heterocycles. The summed E-state index contributed by atoms with van der Waals surface area (Å²) in [5, 5.41) is 0. The Morgan fingerprint density at radius 1 is 0.433 bits per heavy atom. The second kappa shape index (κ2) is 20.2. The number of ether oxygens (including phenoxy) is 4. The average Bonchev–Trinajstić information content (AvgIpc) is 2.73. The lowest BCUT2D eigenvalue weighted by Gasteiger charge is -2.07. The van der Waals surface area contributed by atoms with Crippen LogP contribution in [-0.2, 0) is 38.1 Å². The van der Waals surface area contributed by atoms with Crippen molar-refractivity contribution in [3.63, 3.8) is 0 Å². The molecule has 174 valence electrons. The fourth-order valence-electron chi connectivity index (χ4n) is 2.36. The third-order valence-corrected chi connectivity index (χ3v) is 4.09. The standard InChI is InChI=1S/C22H38O8/c1-3-5-8-16-28-19(23)11-6-7-12-20(24)29-17-9-10-18-30-22(26)14-13-21(25)27-15-4-2/h3-18H2,1-2H3. The highest BCUT2D eigenvalue weighted by atomic mass is 16.5. The van der Waals surface area contributed by atoms with Crippen molar-refractivity contribution in [1.82, 2.24) is 0 Å². The zero-order chi connectivity index (χ0) is 22.5. The van der Waals surface area contributed by atoms with Crippen LogP contribution in [-0.4, -0.2) is 50.3 Å². The molecule has 0 aromatic rings. The van der Waals surface area contributed by atoms with Gasteiger partial charge in [-0.15, -0.1) is 0 Å². The topological polar surface area (TPSA) is 105 Å². The van der Waals surface area contributed by atoms with Gasteiger partial charge in [0.1, 0.15) is 0 Å². The SMILES string of the molecule is CCCCCOC(=O)CCCCC(=O)OCCCCOC(=O)CCC(=O)OCCC. The predicted octanol–water partition coefficient (Wildman–Crippen LogP) is 3.88. The Kier molecular flexibility index (Phi) is 18.7. The van der Waals surface area contributed by atoms with E-state index in [4.69, 9.17) is 18.9 Å². The van der Waals surface area contributed by atoms with Crippen LogP contribution in [0, 0.1) is 0 Å². The van der Waals surface area contributed by atoms with Crippen molar-refractivity contribution in [3.05, 3.63) is 0 Å². The number of carbonyl (C=O) groups is 4. The van der Waals surface area contributed by atoms with E-state index in [-0.39, 0.29) is 44.4 Å². The monoisotopic (exact) mass is 430 g/mol. The van der Waals surface area contributed by atoms with Gasteiger partial charge in [-0.25, -0.2) is 0 Å². The minimum absolute atomic E-state index is 0.00379. The van der Waals surface area contributed by atoms with E-state index < -0.39 is 11.9 Å². The van der Waals surface area contributed by atoms with Crippen LogP contribution in [0.25, 0.3) is 0 Å². The molecule has 30 heavy (non-hydrogen) atoms. The van der Waals surface area contributed by atoms with E-state index in [9.17, 15) is 19.2 Å². The molecular formula is C22H38O8. The van der Waals surface area contributed by atoms with Crippen molar-refractivity contribution < 1.29 is 38.1 Å². The molecule has 0 atom stereocenters. The van der Waals surface area contributed by atoms with E-state index in [0.717, 1.165) is 25.7 Å². The zero-order valence-corrected chi connectivity index (χ0v) is 18.6. The van der Waals surface area contributed by atoms with Crippen LogP contribution in [0.15, 0.2) is 0 Å². The fraction of sp³-hybridized carbons (Fsp3) is 0.818. The molecule has 0 saturated heterocycles. The largest absolute Gasteiger partial charge is 0.466 e. The molecule has 8 heteroatoms. The number of rotatable bonds is 19. The first kappa shape index (κ1) is 27.9. The van der Waals surface area contributed by atoms with Gasteiger partial charge >= 0.3 is 23.9 Å². The van der Waals surface area contributed by atoms with Gasteiger partial charge in [0.2, 0.25) is 0 Å². The van der Waals surface area contributed by atoms with Gasteiger partial charge in [0.25, 0.3) is 0 Å². The second-order valence-electron chi connectivity index (χ2n) is 7.00. The molecule has 0 bridgehead atoms. The van der Waals surface area contributed by atoms with Crippen molar-refractivity contribution in [2.24, 2.45) is 0 Å². The molecule has 0 heterocycles. The average molecular weight is 431 g/mol. The van der Waals surface area contributed by atoms with E-state index in [2.05, 4.69) is 6.92 Å². The van der Waals surface area contributed by atoms with Crippen LogP contribution in [0.5, 0.6) is 0 Å². The Hall–Kier alpha value is -2.12. The third kappa shape index (κ3) is 19.2. The van der Waals surface area contributed by atoms with Gasteiger partial charge in [-0.05, 0) is 38.5 Å². The van der Waals surface area contributed by atoms with Crippen molar-refractivity contribution in [2.75, 3.05) is 26.4 Å². The molecule has 0 saturated carbocycles. The first-order valence-electron chi connectivity index (χ1n) is 11.1. The van der Waals surface area contributed by atoms with Crippen LogP contribution in [0.1, 0.15) is 90.9 Å². The smallest absolute Gasteiger partial charge is 0.306 e. The number of hydrogen-bond acceptors (Lipinski definition) is 8. The summed E-state index contributed by atoms with van der Waals surface area (Å²) in [7, 11) is 0. The Bertz CT molecular complexity index is 490. The van der Waals surface area contributed by atoms with Crippen molar-refractivity contribution in [1.29, 1.82) is 0 Å². The lowest BCUT2D eigenvalue weighted by Crippen LogP contribution is -2.12.